The van der Waals surface area contributed by atoms with Gasteiger partial charge in [0.25, 0.3) is 0 Å². The number of aryl methyl sites for hydroxylation is 1. The molecular formula is C18H29N. The molecule has 1 fully saturated rings. The summed E-state index contributed by atoms with van der Waals surface area (Å²) in [5.74, 6) is 2.56. The lowest BCUT2D eigenvalue weighted by molar-refractivity contribution is 0.174. The van der Waals surface area contributed by atoms with Crippen LogP contribution >= 0.6 is 0 Å². The predicted octanol–water partition coefficient (Wildman–Crippen LogP) is 4.58. The molecule has 0 saturated heterocycles. The van der Waals surface area contributed by atoms with Crippen LogP contribution in [-0.2, 0) is 6.42 Å². The van der Waals surface area contributed by atoms with Gasteiger partial charge in [-0.2, -0.15) is 0 Å². The van der Waals surface area contributed by atoms with Crippen molar-refractivity contribution in [1.82, 2.24) is 5.32 Å². The van der Waals surface area contributed by atoms with E-state index in [4.69, 9.17) is 0 Å². The lowest BCUT2D eigenvalue weighted by Crippen LogP contribution is -2.31. The van der Waals surface area contributed by atoms with E-state index in [0.717, 1.165) is 24.2 Å². The van der Waals surface area contributed by atoms with Gasteiger partial charge in [0.1, 0.15) is 0 Å². The largest absolute Gasteiger partial charge is 0.313 e. The molecule has 1 saturated carbocycles. The second-order valence-corrected chi connectivity index (χ2v) is 6.39. The van der Waals surface area contributed by atoms with Crippen LogP contribution < -0.4 is 5.32 Å². The maximum Gasteiger partial charge on any atom is 0.0346 e. The SMILES string of the molecule is CCc1ccc(C(NC)C2CCC(C)C(C)C2)cc1. The molecule has 0 bridgehead atoms. The number of benzene rings is 1. The van der Waals surface area contributed by atoms with Gasteiger partial charge in [-0.25, -0.2) is 0 Å². The molecule has 0 amide bonds. The molecule has 0 radical (unpaired) electrons. The van der Waals surface area contributed by atoms with Crippen molar-refractivity contribution >= 4 is 0 Å². The van der Waals surface area contributed by atoms with E-state index in [9.17, 15) is 0 Å². The summed E-state index contributed by atoms with van der Waals surface area (Å²) >= 11 is 0. The first-order valence-corrected chi connectivity index (χ1v) is 7.91. The molecule has 0 heterocycles. The standard InChI is InChI=1S/C18H29N/c1-5-15-7-10-16(11-8-15)18(19-4)17-9-6-13(2)14(3)12-17/h7-8,10-11,13-14,17-19H,5-6,9,12H2,1-4H3. The average Bonchev–Trinajstić information content (AvgIpc) is 2.44. The van der Waals surface area contributed by atoms with Crippen LogP contribution in [0.3, 0.4) is 0 Å². The van der Waals surface area contributed by atoms with Crippen molar-refractivity contribution in [2.75, 3.05) is 7.05 Å². The van der Waals surface area contributed by atoms with Gasteiger partial charge in [-0.3, -0.25) is 0 Å². The van der Waals surface area contributed by atoms with Crippen LogP contribution in [0.4, 0.5) is 0 Å². The van der Waals surface area contributed by atoms with Gasteiger partial charge in [0, 0.05) is 6.04 Å². The Balaban J connectivity index is 2.10. The molecule has 4 atom stereocenters. The van der Waals surface area contributed by atoms with E-state index in [1.807, 2.05) is 0 Å². The highest BCUT2D eigenvalue weighted by Gasteiger charge is 2.30. The highest BCUT2D eigenvalue weighted by atomic mass is 14.9. The van der Waals surface area contributed by atoms with Crippen molar-refractivity contribution in [3.8, 4) is 0 Å². The van der Waals surface area contributed by atoms with Crippen molar-refractivity contribution in [2.45, 2.75) is 52.5 Å². The number of rotatable bonds is 4. The van der Waals surface area contributed by atoms with Crippen molar-refractivity contribution in [3.63, 3.8) is 0 Å². The van der Waals surface area contributed by atoms with E-state index in [-0.39, 0.29) is 0 Å². The first-order valence-electron chi connectivity index (χ1n) is 7.91. The minimum Gasteiger partial charge on any atom is -0.313 e. The highest BCUT2D eigenvalue weighted by molar-refractivity contribution is 5.25. The number of nitrogens with one attached hydrogen (secondary N) is 1. The summed E-state index contributed by atoms with van der Waals surface area (Å²) in [5.41, 5.74) is 2.90. The molecule has 0 aliphatic heterocycles. The lowest BCUT2D eigenvalue weighted by Gasteiger charge is -2.37. The summed E-state index contributed by atoms with van der Waals surface area (Å²) in [6.45, 7) is 7.05. The predicted molar refractivity (Wildman–Crippen MR) is 83.3 cm³/mol. The maximum absolute atomic E-state index is 3.56. The zero-order chi connectivity index (χ0) is 13.8. The minimum atomic E-state index is 0.529. The van der Waals surface area contributed by atoms with E-state index >= 15 is 0 Å². The first-order chi connectivity index (χ1) is 9.15. The monoisotopic (exact) mass is 259 g/mol. The van der Waals surface area contributed by atoms with Gasteiger partial charge in [0.2, 0.25) is 0 Å². The van der Waals surface area contributed by atoms with Gasteiger partial charge in [-0.05, 0) is 55.2 Å². The zero-order valence-corrected chi connectivity index (χ0v) is 12.9. The van der Waals surface area contributed by atoms with Crippen LogP contribution in [0.2, 0.25) is 0 Å². The van der Waals surface area contributed by atoms with E-state index in [2.05, 4.69) is 57.4 Å². The van der Waals surface area contributed by atoms with Gasteiger partial charge < -0.3 is 5.32 Å². The third-order valence-electron chi connectivity index (χ3n) is 5.17. The third-order valence-corrected chi connectivity index (χ3v) is 5.17. The molecule has 106 valence electrons. The Morgan fingerprint density at radius 2 is 1.79 bits per heavy atom. The molecule has 0 spiro atoms. The molecule has 1 nitrogen and oxygen atoms in total. The van der Waals surface area contributed by atoms with Crippen LogP contribution in [0.1, 0.15) is 57.2 Å². The van der Waals surface area contributed by atoms with Crippen LogP contribution in [-0.4, -0.2) is 7.05 Å². The second-order valence-electron chi connectivity index (χ2n) is 6.39. The first kappa shape index (κ1) is 14.6. The molecule has 0 aromatic heterocycles. The van der Waals surface area contributed by atoms with E-state index in [1.54, 1.807) is 0 Å². The second kappa shape index (κ2) is 6.56. The topological polar surface area (TPSA) is 12.0 Å². The maximum atomic E-state index is 3.56. The Kier molecular flexibility index (Phi) is 5.04. The Hall–Kier alpha value is -0.820. The zero-order valence-electron chi connectivity index (χ0n) is 12.9. The summed E-state index contributed by atoms with van der Waals surface area (Å²) < 4.78 is 0. The molecule has 1 aromatic rings. The fourth-order valence-corrected chi connectivity index (χ4v) is 3.53. The summed E-state index contributed by atoms with van der Waals surface area (Å²) in [7, 11) is 2.11. The lowest BCUT2D eigenvalue weighted by atomic mass is 9.72. The van der Waals surface area contributed by atoms with Crippen LogP contribution in [0.15, 0.2) is 24.3 Å². The fraction of sp³-hybridized carbons (Fsp3) is 0.667. The van der Waals surface area contributed by atoms with Crippen LogP contribution in [0, 0.1) is 17.8 Å². The van der Waals surface area contributed by atoms with Gasteiger partial charge in [0.05, 0.1) is 0 Å². The summed E-state index contributed by atoms with van der Waals surface area (Å²) in [5, 5.41) is 3.56. The summed E-state index contributed by atoms with van der Waals surface area (Å²) in [4.78, 5) is 0. The Morgan fingerprint density at radius 3 is 2.32 bits per heavy atom. The van der Waals surface area contributed by atoms with E-state index < -0.39 is 0 Å². The minimum absolute atomic E-state index is 0.529. The highest BCUT2D eigenvalue weighted by Crippen LogP contribution is 2.39. The number of hydrogen-bond acceptors (Lipinski definition) is 1. The van der Waals surface area contributed by atoms with Crippen molar-refractivity contribution < 1.29 is 0 Å². The van der Waals surface area contributed by atoms with Crippen LogP contribution in [0.25, 0.3) is 0 Å². The molecule has 19 heavy (non-hydrogen) atoms. The fourth-order valence-electron chi connectivity index (χ4n) is 3.53. The van der Waals surface area contributed by atoms with Gasteiger partial charge in [-0.1, -0.05) is 51.5 Å². The van der Waals surface area contributed by atoms with Crippen LogP contribution in [0.5, 0.6) is 0 Å². The molecule has 1 N–H and O–H groups in total. The molecule has 1 heteroatoms. The van der Waals surface area contributed by atoms with Crippen molar-refractivity contribution in [2.24, 2.45) is 17.8 Å². The van der Waals surface area contributed by atoms with Gasteiger partial charge >= 0.3 is 0 Å². The smallest absolute Gasteiger partial charge is 0.0346 e. The molecule has 1 aliphatic rings. The molecule has 1 aliphatic carbocycles. The van der Waals surface area contributed by atoms with Crippen molar-refractivity contribution in [1.29, 1.82) is 0 Å². The molecule has 4 unspecified atom stereocenters. The average molecular weight is 259 g/mol. The molecule has 2 rings (SSSR count). The van der Waals surface area contributed by atoms with Gasteiger partial charge in [-0.15, -0.1) is 0 Å². The summed E-state index contributed by atoms with van der Waals surface area (Å²) in [6, 6.07) is 9.75. The van der Waals surface area contributed by atoms with E-state index in [0.29, 0.717) is 6.04 Å². The van der Waals surface area contributed by atoms with Crippen molar-refractivity contribution in [3.05, 3.63) is 35.4 Å². The molecular weight excluding hydrogens is 230 g/mol. The number of hydrogen-bond donors (Lipinski definition) is 1. The summed E-state index contributed by atoms with van der Waals surface area (Å²) in [6.07, 6.45) is 5.24. The third kappa shape index (κ3) is 3.39. The normalized spacial score (nSPS) is 29.2. The Morgan fingerprint density at radius 1 is 1.11 bits per heavy atom. The van der Waals surface area contributed by atoms with E-state index in [1.165, 1.54) is 30.4 Å². The quantitative estimate of drug-likeness (QED) is 0.834. The Labute approximate surface area is 118 Å². The van der Waals surface area contributed by atoms with Gasteiger partial charge in [0.15, 0.2) is 0 Å². The Bertz CT molecular complexity index is 381. The molecule has 1 aromatic carbocycles.